The van der Waals surface area contributed by atoms with Gasteiger partial charge in [-0.1, -0.05) is 11.6 Å². The Labute approximate surface area is 88.1 Å². The Morgan fingerprint density at radius 2 is 1.87 bits per heavy atom. The van der Waals surface area contributed by atoms with Gasteiger partial charge in [-0.25, -0.2) is 4.79 Å². The summed E-state index contributed by atoms with van der Waals surface area (Å²) < 4.78 is 0. The van der Waals surface area contributed by atoms with Gasteiger partial charge in [0.2, 0.25) is 5.71 Å². The van der Waals surface area contributed by atoms with E-state index in [1.54, 1.807) is 0 Å². The van der Waals surface area contributed by atoms with Crippen molar-refractivity contribution in [2.75, 3.05) is 0 Å². The summed E-state index contributed by atoms with van der Waals surface area (Å²) in [6.07, 6.45) is 5.06. The average Bonchev–Trinajstić information content (AvgIpc) is 2.18. The molecule has 1 aliphatic rings. The average molecular weight is 213 g/mol. The fourth-order valence-electron chi connectivity index (χ4n) is 1.55. The van der Waals surface area contributed by atoms with Gasteiger partial charge in [-0.2, -0.15) is 0 Å². The molecule has 5 nitrogen and oxygen atoms in total. The number of hydrogen-bond acceptors (Lipinski definition) is 4. The lowest BCUT2D eigenvalue weighted by atomic mass is 9.98. The number of carboxylic acids is 1. The summed E-state index contributed by atoms with van der Waals surface area (Å²) in [5, 5.41) is 12.1. The van der Waals surface area contributed by atoms with Crippen molar-refractivity contribution in [3.63, 3.8) is 0 Å². The minimum atomic E-state index is -1.33. The number of carboxylic acid groups (broad SMARTS) is 1. The van der Waals surface area contributed by atoms with Crippen LogP contribution in [0.25, 0.3) is 0 Å². The third kappa shape index (κ3) is 3.69. The Morgan fingerprint density at radius 3 is 2.33 bits per heavy atom. The Kier molecular flexibility index (Phi) is 4.27. The highest BCUT2D eigenvalue weighted by atomic mass is 16.6. The quantitative estimate of drug-likeness (QED) is 0.434. The molecule has 0 unspecified atom stereocenters. The molecule has 1 rings (SSSR count). The third-order valence-electron chi connectivity index (χ3n) is 2.38. The van der Waals surface area contributed by atoms with E-state index >= 15 is 0 Å². The van der Waals surface area contributed by atoms with E-state index < -0.39 is 17.5 Å². The number of carbonyl (C=O) groups excluding carboxylic acids is 1. The van der Waals surface area contributed by atoms with Gasteiger partial charge in [0.15, 0.2) is 5.78 Å². The van der Waals surface area contributed by atoms with E-state index in [4.69, 9.17) is 9.94 Å². The van der Waals surface area contributed by atoms with Gasteiger partial charge in [0.25, 0.3) is 0 Å². The summed E-state index contributed by atoms with van der Waals surface area (Å²) >= 11 is 0. The molecule has 1 aliphatic carbocycles. The molecule has 1 N–H and O–H groups in total. The number of nitrogens with zero attached hydrogens (tertiary/aromatic N) is 1. The molecule has 0 saturated heterocycles. The highest BCUT2D eigenvalue weighted by Crippen LogP contribution is 2.20. The van der Waals surface area contributed by atoms with Crippen molar-refractivity contribution in [2.24, 2.45) is 5.16 Å². The molecule has 0 aliphatic heterocycles. The van der Waals surface area contributed by atoms with Gasteiger partial charge in [0, 0.05) is 6.92 Å². The maximum Gasteiger partial charge on any atom is 0.361 e. The number of oxime groups is 1. The number of aliphatic carboxylic acids is 1. The fraction of sp³-hybridized carbons (Fsp3) is 0.700. The summed E-state index contributed by atoms with van der Waals surface area (Å²) in [7, 11) is 0. The second kappa shape index (κ2) is 5.48. The first-order chi connectivity index (χ1) is 7.11. The van der Waals surface area contributed by atoms with Crippen molar-refractivity contribution in [3.8, 4) is 0 Å². The highest BCUT2D eigenvalue weighted by molar-refractivity contribution is 6.63. The van der Waals surface area contributed by atoms with E-state index in [2.05, 4.69) is 5.16 Å². The molecule has 0 aromatic heterocycles. The van der Waals surface area contributed by atoms with E-state index in [9.17, 15) is 9.59 Å². The van der Waals surface area contributed by atoms with Crippen LogP contribution in [0.3, 0.4) is 0 Å². The maximum absolute atomic E-state index is 10.9. The van der Waals surface area contributed by atoms with Crippen LogP contribution < -0.4 is 0 Å². The fourth-order valence-corrected chi connectivity index (χ4v) is 1.55. The highest BCUT2D eigenvalue weighted by Gasteiger charge is 2.19. The van der Waals surface area contributed by atoms with Crippen molar-refractivity contribution in [1.29, 1.82) is 0 Å². The molecule has 15 heavy (non-hydrogen) atoms. The number of ketones is 1. The van der Waals surface area contributed by atoms with E-state index in [1.807, 2.05) is 0 Å². The summed E-state index contributed by atoms with van der Waals surface area (Å²) in [5.74, 6) is -1.92. The zero-order valence-electron chi connectivity index (χ0n) is 8.73. The van der Waals surface area contributed by atoms with Crippen LogP contribution >= 0.6 is 0 Å². The molecule has 1 saturated carbocycles. The number of Topliss-reactive ketones (excluding diaryl/α,β-unsaturated/α-hetero) is 1. The van der Waals surface area contributed by atoms with Crippen molar-refractivity contribution in [1.82, 2.24) is 0 Å². The van der Waals surface area contributed by atoms with Crippen molar-refractivity contribution >= 4 is 17.5 Å². The largest absolute Gasteiger partial charge is 0.476 e. The summed E-state index contributed by atoms with van der Waals surface area (Å²) in [6, 6.07) is 0. The van der Waals surface area contributed by atoms with Gasteiger partial charge in [0.05, 0.1) is 0 Å². The Bertz CT molecular complexity index is 263. The number of rotatable bonds is 4. The predicted molar refractivity (Wildman–Crippen MR) is 53.7 cm³/mol. The molecule has 84 valence electrons. The van der Waals surface area contributed by atoms with Crippen LogP contribution in [0.1, 0.15) is 39.0 Å². The lowest BCUT2D eigenvalue weighted by molar-refractivity contribution is -0.130. The van der Waals surface area contributed by atoms with E-state index in [-0.39, 0.29) is 6.10 Å². The van der Waals surface area contributed by atoms with Gasteiger partial charge in [-0.05, 0) is 25.7 Å². The van der Waals surface area contributed by atoms with Gasteiger partial charge >= 0.3 is 5.97 Å². The van der Waals surface area contributed by atoms with Gasteiger partial charge < -0.3 is 9.94 Å². The minimum Gasteiger partial charge on any atom is -0.476 e. The number of hydrogen-bond donors (Lipinski definition) is 1. The zero-order valence-corrected chi connectivity index (χ0v) is 8.73. The number of carbonyl (C=O) groups is 2. The van der Waals surface area contributed by atoms with Crippen LogP contribution in [0.5, 0.6) is 0 Å². The van der Waals surface area contributed by atoms with Crippen LogP contribution in [-0.2, 0) is 14.4 Å². The van der Waals surface area contributed by atoms with E-state index in [1.165, 1.54) is 6.42 Å². The van der Waals surface area contributed by atoms with Crippen molar-refractivity contribution in [2.45, 2.75) is 45.1 Å². The first-order valence-electron chi connectivity index (χ1n) is 5.09. The molecule has 0 heterocycles. The minimum absolute atomic E-state index is 0.0348. The van der Waals surface area contributed by atoms with Gasteiger partial charge in [-0.15, -0.1) is 0 Å². The molecule has 0 aromatic rings. The molecular weight excluding hydrogens is 198 g/mol. The maximum atomic E-state index is 10.9. The SMILES string of the molecule is CC(=O)C(=NOC1CCCCC1)C(=O)O. The standard InChI is InChI=1S/C10H15NO4/c1-7(12)9(10(13)14)11-15-8-5-3-2-4-6-8/h8H,2-6H2,1H3,(H,13,14). The van der Waals surface area contributed by atoms with Crippen LogP contribution in [0.4, 0.5) is 0 Å². The Balaban J connectivity index is 2.52. The van der Waals surface area contributed by atoms with E-state index in [0.29, 0.717) is 0 Å². The first kappa shape index (κ1) is 11.7. The molecule has 0 spiro atoms. The van der Waals surface area contributed by atoms with Crippen molar-refractivity contribution in [3.05, 3.63) is 0 Å². The molecule has 0 atom stereocenters. The van der Waals surface area contributed by atoms with Crippen molar-refractivity contribution < 1.29 is 19.5 Å². The summed E-state index contributed by atoms with van der Waals surface area (Å²) in [6.45, 7) is 1.16. The Hall–Kier alpha value is -1.39. The second-order valence-electron chi connectivity index (χ2n) is 3.67. The van der Waals surface area contributed by atoms with Crippen LogP contribution in [0.15, 0.2) is 5.16 Å². The third-order valence-corrected chi connectivity index (χ3v) is 2.38. The smallest absolute Gasteiger partial charge is 0.361 e. The zero-order chi connectivity index (χ0) is 11.3. The lowest BCUT2D eigenvalue weighted by Crippen LogP contribution is -2.23. The normalized spacial score (nSPS) is 18.6. The Morgan fingerprint density at radius 1 is 1.27 bits per heavy atom. The van der Waals surface area contributed by atoms with Gasteiger partial charge in [-0.3, -0.25) is 4.79 Å². The summed E-state index contributed by atoms with van der Waals surface area (Å²) in [4.78, 5) is 26.5. The predicted octanol–water partition coefficient (Wildman–Crippen LogP) is 1.37. The first-order valence-corrected chi connectivity index (χ1v) is 5.09. The van der Waals surface area contributed by atoms with Crippen LogP contribution in [0, 0.1) is 0 Å². The van der Waals surface area contributed by atoms with E-state index in [0.717, 1.165) is 32.6 Å². The molecule has 0 amide bonds. The van der Waals surface area contributed by atoms with Gasteiger partial charge in [0.1, 0.15) is 6.10 Å². The topological polar surface area (TPSA) is 76.0 Å². The second-order valence-corrected chi connectivity index (χ2v) is 3.67. The van der Waals surface area contributed by atoms with Crippen LogP contribution in [0.2, 0.25) is 0 Å². The molecule has 1 fully saturated rings. The monoisotopic (exact) mass is 213 g/mol. The lowest BCUT2D eigenvalue weighted by Gasteiger charge is -2.19. The molecule has 0 radical (unpaired) electrons. The molecule has 0 aromatic carbocycles. The molecular formula is C10H15NO4. The molecule has 5 heteroatoms. The summed E-state index contributed by atoms with van der Waals surface area (Å²) in [5.41, 5.74) is -0.527. The molecule has 0 bridgehead atoms. The van der Waals surface area contributed by atoms with Crippen LogP contribution in [-0.4, -0.2) is 28.7 Å².